The molecule has 1 aliphatic rings. The van der Waals surface area contributed by atoms with Gasteiger partial charge in [-0.05, 0) is 45.4 Å². The van der Waals surface area contributed by atoms with E-state index < -0.39 is 0 Å². The third kappa shape index (κ3) is 3.91. The van der Waals surface area contributed by atoms with Crippen molar-refractivity contribution in [3.05, 3.63) is 23.8 Å². The zero-order valence-electron chi connectivity index (χ0n) is 9.20. The molecule has 1 aliphatic carbocycles. The Morgan fingerprint density at radius 1 is 1.50 bits per heavy atom. The SMILES string of the molecule is CC(C)=CCCC1C=CCC(C=O)C1. The summed E-state index contributed by atoms with van der Waals surface area (Å²) in [7, 11) is 0. The maximum atomic E-state index is 10.6. The molecule has 1 rings (SSSR count). The third-order valence-electron chi connectivity index (χ3n) is 2.74. The van der Waals surface area contributed by atoms with E-state index in [-0.39, 0.29) is 5.92 Å². The summed E-state index contributed by atoms with van der Waals surface area (Å²) >= 11 is 0. The van der Waals surface area contributed by atoms with Gasteiger partial charge in [-0.2, -0.15) is 0 Å². The van der Waals surface area contributed by atoms with Crippen LogP contribution in [0.5, 0.6) is 0 Å². The van der Waals surface area contributed by atoms with Crippen LogP contribution in [0.1, 0.15) is 39.5 Å². The second kappa shape index (κ2) is 5.79. The summed E-state index contributed by atoms with van der Waals surface area (Å²) in [6.07, 6.45) is 12.2. The summed E-state index contributed by atoms with van der Waals surface area (Å²) in [4.78, 5) is 10.6. The molecule has 2 atom stereocenters. The number of carbonyl (C=O) groups excluding carboxylic acids is 1. The predicted molar refractivity (Wildman–Crippen MR) is 60.1 cm³/mol. The first kappa shape index (κ1) is 11.2. The first-order chi connectivity index (χ1) is 6.72. The number of allylic oxidation sites excluding steroid dienone is 4. The maximum absolute atomic E-state index is 10.6. The van der Waals surface area contributed by atoms with Gasteiger partial charge in [0.25, 0.3) is 0 Å². The van der Waals surface area contributed by atoms with Crippen LogP contribution in [-0.4, -0.2) is 6.29 Å². The molecule has 0 aromatic heterocycles. The highest BCUT2D eigenvalue weighted by Gasteiger charge is 2.16. The van der Waals surface area contributed by atoms with Gasteiger partial charge in [0.15, 0.2) is 0 Å². The molecule has 0 aromatic rings. The Kier molecular flexibility index (Phi) is 4.64. The molecule has 0 saturated carbocycles. The zero-order chi connectivity index (χ0) is 10.4. The molecule has 14 heavy (non-hydrogen) atoms. The molecule has 78 valence electrons. The number of hydrogen-bond donors (Lipinski definition) is 0. The smallest absolute Gasteiger partial charge is 0.123 e. The molecule has 0 amide bonds. The van der Waals surface area contributed by atoms with Crippen LogP contribution in [0, 0.1) is 11.8 Å². The van der Waals surface area contributed by atoms with E-state index in [1.54, 1.807) is 0 Å². The van der Waals surface area contributed by atoms with Crippen molar-refractivity contribution < 1.29 is 4.79 Å². The third-order valence-corrected chi connectivity index (χ3v) is 2.74. The van der Waals surface area contributed by atoms with Gasteiger partial charge in [-0.3, -0.25) is 0 Å². The maximum Gasteiger partial charge on any atom is 0.123 e. The molecule has 0 aromatic carbocycles. The summed E-state index contributed by atoms with van der Waals surface area (Å²) in [5.74, 6) is 0.895. The molecule has 1 nitrogen and oxygen atoms in total. The Morgan fingerprint density at radius 3 is 2.93 bits per heavy atom. The van der Waals surface area contributed by atoms with Crippen LogP contribution in [0.2, 0.25) is 0 Å². The molecule has 0 radical (unpaired) electrons. The summed E-state index contributed by atoms with van der Waals surface area (Å²) in [5, 5.41) is 0. The van der Waals surface area contributed by atoms with Crippen molar-refractivity contribution in [2.45, 2.75) is 39.5 Å². The molecular weight excluding hydrogens is 172 g/mol. The molecule has 0 heterocycles. The fraction of sp³-hybridized carbons (Fsp3) is 0.615. The molecule has 0 bridgehead atoms. The first-order valence-corrected chi connectivity index (χ1v) is 5.47. The van der Waals surface area contributed by atoms with Crippen molar-refractivity contribution in [3.8, 4) is 0 Å². The van der Waals surface area contributed by atoms with Crippen LogP contribution in [0.25, 0.3) is 0 Å². The highest BCUT2D eigenvalue weighted by molar-refractivity contribution is 5.54. The molecular formula is C13H20O. The van der Waals surface area contributed by atoms with Gasteiger partial charge in [-0.25, -0.2) is 0 Å². The van der Waals surface area contributed by atoms with Crippen LogP contribution in [0.4, 0.5) is 0 Å². The molecule has 0 spiro atoms. The lowest BCUT2D eigenvalue weighted by Crippen LogP contribution is -2.12. The zero-order valence-corrected chi connectivity index (χ0v) is 9.20. The Bertz CT molecular complexity index is 234. The fourth-order valence-corrected chi connectivity index (χ4v) is 1.92. The summed E-state index contributed by atoms with van der Waals surface area (Å²) < 4.78 is 0. The fourth-order valence-electron chi connectivity index (χ4n) is 1.92. The molecule has 1 heteroatoms. The average molecular weight is 192 g/mol. The number of aldehydes is 1. The van der Waals surface area contributed by atoms with Crippen molar-refractivity contribution in [1.82, 2.24) is 0 Å². The minimum Gasteiger partial charge on any atom is -0.303 e. The highest BCUT2D eigenvalue weighted by atomic mass is 16.1. The van der Waals surface area contributed by atoms with E-state index in [1.165, 1.54) is 12.0 Å². The standard InChI is InChI=1S/C13H20O/c1-11(2)5-3-6-12-7-4-8-13(9-12)10-14/h4-5,7,10,12-13H,3,6,8-9H2,1-2H3. The Morgan fingerprint density at radius 2 is 2.29 bits per heavy atom. The molecule has 2 unspecified atom stereocenters. The van der Waals surface area contributed by atoms with E-state index in [9.17, 15) is 4.79 Å². The summed E-state index contributed by atoms with van der Waals surface area (Å²) in [6, 6.07) is 0. The molecule has 0 N–H and O–H groups in total. The lowest BCUT2D eigenvalue weighted by atomic mass is 9.85. The van der Waals surface area contributed by atoms with Crippen LogP contribution in [-0.2, 0) is 4.79 Å². The molecule has 0 saturated heterocycles. The summed E-state index contributed by atoms with van der Waals surface area (Å²) in [5.41, 5.74) is 1.39. The van der Waals surface area contributed by atoms with E-state index in [1.807, 2.05) is 0 Å². The highest BCUT2D eigenvalue weighted by Crippen LogP contribution is 2.25. The van der Waals surface area contributed by atoms with Crippen molar-refractivity contribution in [1.29, 1.82) is 0 Å². The largest absolute Gasteiger partial charge is 0.303 e. The van der Waals surface area contributed by atoms with Crippen molar-refractivity contribution >= 4 is 6.29 Å². The van der Waals surface area contributed by atoms with Gasteiger partial charge in [0, 0.05) is 5.92 Å². The lowest BCUT2D eigenvalue weighted by molar-refractivity contribution is -0.111. The van der Waals surface area contributed by atoms with E-state index in [2.05, 4.69) is 32.1 Å². The minimum atomic E-state index is 0.275. The van der Waals surface area contributed by atoms with Crippen LogP contribution in [0.15, 0.2) is 23.8 Å². The second-order valence-corrected chi connectivity index (χ2v) is 4.41. The molecule has 0 aliphatic heterocycles. The van der Waals surface area contributed by atoms with Crippen LogP contribution < -0.4 is 0 Å². The van der Waals surface area contributed by atoms with E-state index in [0.717, 1.165) is 25.5 Å². The Balaban J connectivity index is 2.31. The second-order valence-electron chi connectivity index (χ2n) is 4.41. The quantitative estimate of drug-likeness (QED) is 0.492. The van der Waals surface area contributed by atoms with Crippen molar-refractivity contribution in [2.24, 2.45) is 11.8 Å². The van der Waals surface area contributed by atoms with Gasteiger partial charge >= 0.3 is 0 Å². The number of hydrogen-bond acceptors (Lipinski definition) is 1. The van der Waals surface area contributed by atoms with E-state index in [4.69, 9.17) is 0 Å². The Hall–Kier alpha value is -0.850. The number of rotatable bonds is 4. The van der Waals surface area contributed by atoms with Crippen molar-refractivity contribution in [3.63, 3.8) is 0 Å². The molecule has 0 fully saturated rings. The van der Waals surface area contributed by atoms with Gasteiger partial charge in [0.05, 0.1) is 0 Å². The van der Waals surface area contributed by atoms with Crippen LogP contribution in [0.3, 0.4) is 0 Å². The van der Waals surface area contributed by atoms with Gasteiger partial charge < -0.3 is 4.79 Å². The normalized spacial score (nSPS) is 25.9. The van der Waals surface area contributed by atoms with E-state index >= 15 is 0 Å². The van der Waals surface area contributed by atoms with Gasteiger partial charge in [0.2, 0.25) is 0 Å². The van der Waals surface area contributed by atoms with Crippen LogP contribution >= 0.6 is 0 Å². The van der Waals surface area contributed by atoms with Crippen molar-refractivity contribution in [2.75, 3.05) is 0 Å². The monoisotopic (exact) mass is 192 g/mol. The summed E-state index contributed by atoms with van der Waals surface area (Å²) in [6.45, 7) is 4.26. The topological polar surface area (TPSA) is 17.1 Å². The number of carbonyl (C=O) groups is 1. The van der Waals surface area contributed by atoms with Gasteiger partial charge in [-0.1, -0.05) is 23.8 Å². The first-order valence-electron chi connectivity index (χ1n) is 5.47. The Labute approximate surface area is 86.9 Å². The average Bonchev–Trinajstić information content (AvgIpc) is 2.18. The predicted octanol–water partition coefficient (Wildman–Crippen LogP) is 3.51. The van der Waals surface area contributed by atoms with Gasteiger partial charge in [0.1, 0.15) is 6.29 Å². The van der Waals surface area contributed by atoms with E-state index in [0.29, 0.717) is 5.92 Å². The lowest BCUT2D eigenvalue weighted by Gasteiger charge is -2.20. The van der Waals surface area contributed by atoms with Gasteiger partial charge in [-0.15, -0.1) is 0 Å². The minimum absolute atomic E-state index is 0.275.